The van der Waals surface area contributed by atoms with Crippen LogP contribution in [0, 0.1) is 11.8 Å². The van der Waals surface area contributed by atoms with Crippen LogP contribution < -0.4 is 4.74 Å². The minimum absolute atomic E-state index is 0.348. The minimum Gasteiger partial charge on any atom is -0.496 e. The predicted octanol–water partition coefficient (Wildman–Crippen LogP) is 4.71. The zero-order valence-electron chi connectivity index (χ0n) is 12.9. The molecule has 1 aliphatic rings. The number of benzene rings is 2. The van der Waals surface area contributed by atoms with E-state index in [9.17, 15) is 5.11 Å². The number of ether oxygens (including phenoxy) is 1. The molecule has 1 N–H and O–H groups in total. The summed E-state index contributed by atoms with van der Waals surface area (Å²) in [5.41, 5.74) is 0.968. The lowest BCUT2D eigenvalue weighted by molar-refractivity contribution is 0.0746. The molecule has 3 rings (SSSR count). The van der Waals surface area contributed by atoms with Crippen molar-refractivity contribution in [3.05, 3.63) is 42.0 Å². The van der Waals surface area contributed by atoms with Crippen molar-refractivity contribution in [2.45, 2.75) is 38.7 Å². The summed E-state index contributed by atoms with van der Waals surface area (Å²) in [6.45, 7) is 2.31. The van der Waals surface area contributed by atoms with Crippen molar-refractivity contribution < 1.29 is 9.84 Å². The topological polar surface area (TPSA) is 29.5 Å². The molecular weight excluding hydrogens is 260 g/mol. The van der Waals surface area contributed by atoms with E-state index in [1.54, 1.807) is 7.11 Å². The van der Waals surface area contributed by atoms with Gasteiger partial charge in [-0.15, -0.1) is 0 Å². The van der Waals surface area contributed by atoms with Crippen LogP contribution >= 0.6 is 0 Å². The Morgan fingerprint density at radius 2 is 1.76 bits per heavy atom. The molecule has 0 amide bonds. The van der Waals surface area contributed by atoms with Crippen molar-refractivity contribution in [1.82, 2.24) is 0 Å². The van der Waals surface area contributed by atoms with Gasteiger partial charge in [-0.05, 0) is 41.5 Å². The van der Waals surface area contributed by atoms with Crippen LogP contribution in [0.3, 0.4) is 0 Å². The monoisotopic (exact) mass is 284 g/mol. The summed E-state index contributed by atoms with van der Waals surface area (Å²) >= 11 is 0. The van der Waals surface area contributed by atoms with Gasteiger partial charge in [-0.3, -0.25) is 0 Å². The van der Waals surface area contributed by atoms with Gasteiger partial charge in [-0.1, -0.05) is 50.1 Å². The second-order valence-corrected chi connectivity index (χ2v) is 6.37. The SMILES string of the molecule is COc1ccc2ccccc2c1C(O)C1CCC(C)CC1. The van der Waals surface area contributed by atoms with Crippen molar-refractivity contribution in [2.75, 3.05) is 7.11 Å². The molecule has 2 aromatic carbocycles. The Labute approximate surface area is 126 Å². The highest BCUT2D eigenvalue weighted by Crippen LogP contribution is 2.42. The Kier molecular flexibility index (Phi) is 4.16. The van der Waals surface area contributed by atoms with Gasteiger partial charge in [-0.2, -0.15) is 0 Å². The molecule has 0 heterocycles. The summed E-state index contributed by atoms with van der Waals surface area (Å²) in [7, 11) is 1.68. The van der Waals surface area contributed by atoms with E-state index in [2.05, 4.69) is 25.1 Å². The molecule has 1 atom stereocenters. The Bertz CT molecular complexity index is 612. The lowest BCUT2D eigenvalue weighted by Crippen LogP contribution is -2.20. The molecule has 1 aliphatic carbocycles. The molecule has 2 aromatic rings. The van der Waals surface area contributed by atoms with E-state index in [0.717, 1.165) is 40.8 Å². The van der Waals surface area contributed by atoms with E-state index >= 15 is 0 Å². The number of rotatable bonds is 3. The van der Waals surface area contributed by atoms with E-state index in [0.29, 0.717) is 5.92 Å². The van der Waals surface area contributed by atoms with Gasteiger partial charge in [0.05, 0.1) is 13.2 Å². The fourth-order valence-corrected chi connectivity index (χ4v) is 3.60. The molecule has 112 valence electrons. The Morgan fingerprint density at radius 3 is 2.48 bits per heavy atom. The van der Waals surface area contributed by atoms with Crippen LogP contribution in [0.5, 0.6) is 5.75 Å². The third kappa shape index (κ3) is 2.77. The van der Waals surface area contributed by atoms with Crippen molar-refractivity contribution >= 4 is 10.8 Å². The zero-order valence-corrected chi connectivity index (χ0v) is 12.9. The molecule has 21 heavy (non-hydrogen) atoms. The van der Waals surface area contributed by atoms with Gasteiger partial charge < -0.3 is 9.84 Å². The number of fused-ring (bicyclic) bond motifs is 1. The van der Waals surface area contributed by atoms with Crippen molar-refractivity contribution in [1.29, 1.82) is 0 Å². The summed E-state index contributed by atoms with van der Waals surface area (Å²) in [4.78, 5) is 0. The van der Waals surface area contributed by atoms with Gasteiger partial charge in [-0.25, -0.2) is 0 Å². The number of aliphatic hydroxyl groups is 1. The zero-order chi connectivity index (χ0) is 14.8. The molecule has 0 aliphatic heterocycles. The van der Waals surface area contributed by atoms with Gasteiger partial charge in [0, 0.05) is 5.56 Å². The van der Waals surface area contributed by atoms with Crippen LogP contribution in [-0.2, 0) is 0 Å². The lowest BCUT2D eigenvalue weighted by Gasteiger charge is -2.31. The normalized spacial score (nSPS) is 24.0. The molecule has 0 radical (unpaired) electrons. The first-order chi connectivity index (χ1) is 10.2. The van der Waals surface area contributed by atoms with Crippen molar-refractivity contribution in [2.24, 2.45) is 11.8 Å². The summed E-state index contributed by atoms with van der Waals surface area (Å²) in [6.07, 6.45) is 4.21. The first-order valence-corrected chi connectivity index (χ1v) is 7.94. The van der Waals surface area contributed by atoms with Gasteiger partial charge in [0.2, 0.25) is 0 Å². The highest BCUT2D eigenvalue weighted by molar-refractivity contribution is 5.88. The standard InChI is InChI=1S/C19H24O2/c1-13-7-9-15(10-8-13)19(20)18-16-6-4-3-5-14(16)11-12-17(18)21-2/h3-6,11-13,15,19-20H,7-10H2,1-2H3. The third-order valence-corrected chi connectivity index (χ3v) is 4.95. The summed E-state index contributed by atoms with van der Waals surface area (Å²) in [6, 6.07) is 12.3. The molecule has 2 nitrogen and oxygen atoms in total. The van der Waals surface area contributed by atoms with Crippen LogP contribution in [0.25, 0.3) is 10.8 Å². The molecule has 2 heteroatoms. The molecule has 0 bridgehead atoms. The van der Waals surface area contributed by atoms with Gasteiger partial charge in [0.1, 0.15) is 5.75 Å². The van der Waals surface area contributed by atoms with E-state index < -0.39 is 6.10 Å². The fraction of sp³-hybridized carbons (Fsp3) is 0.474. The predicted molar refractivity (Wildman–Crippen MR) is 86.6 cm³/mol. The average Bonchev–Trinajstić information content (AvgIpc) is 2.53. The number of hydrogen-bond donors (Lipinski definition) is 1. The van der Waals surface area contributed by atoms with Gasteiger partial charge in [0.15, 0.2) is 0 Å². The molecule has 0 spiro atoms. The number of hydrogen-bond acceptors (Lipinski definition) is 2. The van der Waals surface area contributed by atoms with E-state index in [4.69, 9.17) is 4.74 Å². The Morgan fingerprint density at radius 1 is 1.05 bits per heavy atom. The smallest absolute Gasteiger partial charge is 0.125 e. The average molecular weight is 284 g/mol. The largest absolute Gasteiger partial charge is 0.496 e. The summed E-state index contributed by atoms with van der Waals surface area (Å²) in [5.74, 6) is 1.95. The molecule has 1 unspecified atom stereocenters. The molecular formula is C19H24O2. The molecule has 0 aromatic heterocycles. The van der Waals surface area contributed by atoms with Crippen LogP contribution in [0.4, 0.5) is 0 Å². The van der Waals surface area contributed by atoms with Crippen LogP contribution in [-0.4, -0.2) is 12.2 Å². The molecule has 1 fully saturated rings. The second-order valence-electron chi connectivity index (χ2n) is 6.37. The van der Waals surface area contributed by atoms with Gasteiger partial charge in [0.25, 0.3) is 0 Å². The Hall–Kier alpha value is -1.54. The summed E-state index contributed by atoms with van der Waals surface area (Å²) < 4.78 is 5.53. The van der Waals surface area contributed by atoms with E-state index in [1.807, 2.05) is 18.2 Å². The second kappa shape index (κ2) is 6.07. The Balaban J connectivity index is 2.01. The maximum absolute atomic E-state index is 11.0. The van der Waals surface area contributed by atoms with Crippen molar-refractivity contribution in [3.63, 3.8) is 0 Å². The lowest BCUT2D eigenvalue weighted by atomic mass is 9.77. The number of methoxy groups -OCH3 is 1. The van der Waals surface area contributed by atoms with E-state index in [-0.39, 0.29) is 0 Å². The first kappa shape index (κ1) is 14.4. The van der Waals surface area contributed by atoms with Gasteiger partial charge >= 0.3 is 0 Å². The third-order valence-electron chi connectivity index (χ3n) is 4.95. The highest BCUT2D eigenvalue weighted by Gasteiger charge is 2.28. The van der Waals surface area contributed by atoms with Crippen molar-refractivity contribution in [3.8, 4) is 5.75 Å². The van der Waals surface area contributed by atoms with Crippen LogP contribution in [0.15, 0.2) is 36.4 Å². The highest BCUT2D eigenvalue weighted by atomic mass is 16.5. The molecule has 0 saturated heterocycles. The van der Waals surface area contributed by atoms with Crippen LogP contribution in [0.2, 0.25) is 0 Å². The maximum Gasteiger partial charge on any atom is 0.125 e. The quantitative estimate of drug-likeness (QED) is 0.884. The molecule has 1 saturated carbocycles. The fourth-order valence-electron chi connectivity index (χ4n) is 3.60. The minimum atomic E-state index is -0.432. The maximum atomic E-state index is 11.0. The number of aliphatic hydroxyl groups excluding tert-OH is 1. The van der Waals surface area contributed by atoms with E-state index in [1.165, 1.54) is 12.8 Å². The van der Waals surface area contributed by atoms with Crippen LogP contribution in [0.1, 0.15) is 44.3 Å². The summed E-state index contributed by atoms with van der Waals surface area (Å²) in [5, 5.41) is 13.2. The first-order valence-electron chi connectivity index (χ1n) is 7.94.